The molecule has 0 amide bonds. The molecule has 3 rings (SSSR count). The van der Waals surface area contributed by atoms with Crippen LogP contribution in [0.1, 0.15) is 5.82 Å². The SMILES string of the molecule is CNc1nc(N(C)C)nc(N2CCn3cnnc3C2)n1. The maximum Gasteiger partial charge on any atom is 0.232 e. The molecule has 20 heavy (non-hydrogen) atoms. The zero-order chi connectivity index (χ0) is 14.1. The van der Waals surface area contributed by atoms with Crippen molar-refractivity contribution in [2.24, 2.45) is 0 Å². The lowest BCUT2D eigenvalue weighted by Crippen LogP contribution is -2.35. The fourth-order valence-electron chi connectivity index (χ4n) is 2.04. The van der Waals surface area contributed by atoms with Crippen LogP contribution in [0.5, 0.6) is 0 Å². The minimum absolute atomic E-state index is 0.561. The first-order valence-electron chi connectivity index (χ1n) is 6.40. The summed E-state index contributed by atoms with van der Waals surface area (Å²) in [5.74, 6) is 2.77. The van der Waals surface area contributed by atoms with Crippen molar-refractivity contribution in [2.45, 2.75) is 13.1 Å². The van der Waals surface area contributed by atoms with E-state index in [1.54, 1.807) is 13.4 Å². The number of aromatic nitrogens is 6. The fourth-order valence-corrected chi connectivity index (χ4v) is 2.04. The molecule has 3 heterocycles. The number of hydrogen-bond donors (Lipinski definition) is 1. The van der Waals surface area contributed by atoms with Gasteiger partial charge in [0.2, 0.25) is 17.8 Å². The monoisotopic (exact) mass is 275 g/mol. The first kappa shape index (κ1) is 12.6. The van der Waals surface area contributed by atoms with Crippen molar-refractivity contribution in [3.05, 3.63) is 12.2 Å². The Kier molecular flexibility index (Phi) is 3.09. The molecule has 9 heteroatoms. The van der Waals surface area contributed by atoms with Crippen LogP contribution in [0.3, 0.4) is 0 Å². The molecule has 1 N–H and O–H groups in total. The van der Waals surface area contributed by atoms with Crippen LogP contribution in [0, 0.1) is 0 Å². The van der Waals surface area contributed by atoms with Gasteiger partial charge in [0.1, 0.15) is 6.33 Å². The Bertz CT molecular complexity index is 606. The lowest BCUT2D eigenvalue weighted by Gasteiger charge is -2.27. The standard InChI is InChI=1S/C11H17N9/c1-12-9-14-10(18(2)3)16-11(15-9)19-4-5-20-7-13-17-8(20)6-19/h7H,4-6H2,1-3H3,(H,12,14,15,16). The molecule has 0 spiro atoms. The number of anilines is 3. The molecule has 0 bridgehead atoms. The summed E-state index contributed by atoms with van der Waals surface area (Å²) in [5.41, 5.74) is 0. The molecule has 9 nitrogen and oxygen atoms in total. The first-order valence-corrected chi connectivity index (χ1v) is 6.40. The Morgan fingerprint density at radius 2 is 2.05 bits per heavy atom. The predicted octanol–water partition coefficient (Wildman–Crippen LogP) is -0.409. The molecular formula is C11H17N9. The highest BCUT2D eigenvalue weighted by atomic mass is 15.4. The largest absolute Gasteiger partial charge is 0.357 e. The predicted molar refractivity (Wildman–Crippen MR) is 74.8 cm³/mol. The van der Waals surface area contributed by atoms with Crippen molar-refractivity contribution in [3.8, 4) is 0 Å². The summed E-state index contributed by atoms with van der Waals surface area (Å²) >= 11 is 0. The summed E-state index contributed by atoms with van der Waals surface area (Å²) in [5, 5.41) is 11.0. The molecule has 1 aliphatic heterocycles. The van der Waals surface area contributed by atoms with Crippen LogP contribution in [0.25, 0.3) is 0 Å². The number of fused-ring (bicyclic) bond motifs is 1. The van der Waals surface area contributed by atoms with Gasteiger partial charge >= 0.3 is 0 Å². The summed E-state index contributed by atoms with van der Waals surface area (Å²) in [4.78, 5) is 17.2. The van der Waals surface area contributed by atoms with Gasteiger partial charge in [0.15, 0.2) is 5.82 Å². The minimum Gasteiger partial charge on any atom is -0.357 e. The van der Waals surface area contributed by atoms with Crippen LogP contribution in [0.2, 0.25) is 0 Å². The van der Waals surface area contributed by atoms with E-state index in [2.05, 4.69) is 35.4 Å². The van der Waals surface area contributed by atoms with Gasteiger partial charge in [0, 0.05) is 34.2 Å². The third kappa shape index (κ3) is 2.22. The van der Waals surface area contributed by atoms with Gasteiger partial charge in [-0.1, -0.05) is 0 Å². The van der Waals surface area contributed by atoms with Gasteiger partial charge in [-0.2, -0.15) is 15.0 Å². The highest BCUT2D eigenvalue weighted by Crippen LogP contribution is 2.19. The van der Waals surface area contributed by atoms with E-state index in [0.29, 0.717) is 24.4 Å². The smallest absolute Gasteiger partial charge is 0.232 e. The van der Waals surface area contributed by atoms with Crippen molar-refractivity contribution in [2.75, 3.05) is 42.8 Å². The van der Waals surface area contributed by atoms with Gasteiger partial charge in [-0.15, -0.1) is 10.2 Å². The van der Waals surface area contributed by atoms with Crippen molar-refractivity contribution in [1.82, 2.24) is 29.7 Å². The third-order valence-corrected chi connectivity index (χ3v) is 3.16. The van der Waals surface area contributed by atoms with Crippen molar-refractivity contribution in [1.29, 1.82) is 0 Å². The molecule has 0 aliphatic carbocycles. The van der Waals surface area contributed by atoms with E-state index in [9.17, 15) is 0 Å². The Morgan fingerprint density at radius 3 is 2.80 bits per heavy atom. The quantitative estimate of drug-likeness (QED) is 0.809. The van der Waals surface area contributed by atoms with Gasteiger partial charge in [0.25, 0.3) is 0 Å². The van der Waals surface area contributed by atoms with Crippen LogP contribution < -0.4 is 15.1 Å². The van der Waals surface area contributed by atoms with Crippen LogP contribution in [0.15, 0.2) is 6.33 Å². The van der Waals surface area contributed by atoms with Gasteiger partial charge in [0.05, 0.1) is 6.54 Å². The van der Waals surface area contributed by atoms with Gasteiger partial charge in [-0.25, -0.2) is 0 Å². The van der Waals surface area contributed by atoms with E-state index in [4.69, 9.17) is 0 Å². The highest BCUT2D eigenvalue weighted by molar-refractivity contribution is 5.44. The normalized spacial score (nSPS) is 14.1. The van der Waals surface area contributed by atoms with Gasteiger partial charge in [-0.05, 0) is 0 Å². The molecule has 0 saturated heterocycles. The second-order valence-electron chi connectivity index (χ2n) is 4.77. The Labute approximate surface area is 116 Å². The Morgan fingerprint density at radius 1 is 1.20 bits per heavy atom. The highest BCUT2D eigenvalue weighted by Gasteiger charge is 2.21. The van der Waals surface area contributed by atoms with Crippen molar-refractivity contribution < 1.29 is 0 Å². The maximum absolute atomic E-state index is 4.49. The maximum atomic E-state index is 4.49. The molecule has 0 atom stereocenters. The molecule has 1 aliphatic rings. The summed E-state index contributed by atoms with van der Waals surface area (Å²) in [6, 6.07) is 0. The van der Waals surface area contributed by atoms with E-state index in [1.807, 2.05) is 23.6 Å². The van der Waals surface area contributed by atoms with Gasteiger partial charge in [-0.3, -0.25) is 0 Å². The second kappa shape index (κ2) is 4.91. The second-order valence-corrected chi connectivity index (χ2v) is 4.77. The number of hydrogen-bond acceptors (Lipinski definition) is 8. The fraction of sp³-hybridized carbons (Fsp3) is 0.545. The zero-order valence-electron chi connectivity index (χ0n) is 11.8. The molecule has 2 aromatic rings. The third-order valence-electron chi connectivity index (χ3n) is 3.16. The van der Waals surface area contributed by atoms with Crippen LogP contribution >= 0.6 is 0 Å². The average molecular weight is 275 g/mol. The molecule has 0 fully saturated rings. The van der Waals surface area contributed by atoms with E-state index in [-0.39, 0.29) is 0 Å². The first-order chi connectivity index (χ1) is 9.67. The summed E-state index contributed by atoms with van der Waals surface area (Å²) in [6.45, 7) is 2.31. The molecule has 2 aromatic heterocycles. The lowest BCUT2D eigenvalue weighted by molar-refractivity contribution is 0.551. The molecule has 0 radical (unpaired) electrons. The van der Waals surface area contributed by atoms with E-state index >= 15 is 0 Å². The Balaban J connectivity index is 1.92. The molecule has 106 valence electrons. The topological polar surface area (TPSA) is 87.9 Å². The summed E-state index contributed by atoms with van der Waals surface area (Å²) in [6.07, 6.45) is 1.75. The number of nitrogens with one attached hydrogen (secondary N) is 1. The molecular weight excluding hydrogens is 258 g/mol. The van der Waals surface area contributed by atoms with Crippen LogP contribution in [-0.4, -0.2) is 57.4 Å². The number of nitrogens with zero attached hydrogens (tertiary/aromatic N) is 8. The summed E-state index contributed by atoms with van der Waals surface area (Å²) < 4.78 is 2.05. The zero-order valence-corrected chi connectivity index (χ0v) is 11.8. The van der Waals surface area contributed by atoms with E-state index in [0.717, 1.165) is 18.9 Å². The Hall–Kier alpha value is -2.45. The molecule has 0 aromatic carbocycles. The van der Waals surface area contributed by atoms with E-state index in [1.165, 1.54) is 0 Å². The average Bonchev–Trinajstić information content (AvgIpc) is 2.94. The molecule has 0 saturated carbocycles. The molecule has 0 unspecified atom stereocenters. The van der Waals surface area contributed by atoms with Crippen LogP contribution in [0.4, 0.5) is 17.8 Å². The van der Waals surface area contributed by atoms with Gasteiger partial charge < -0.3 is 19.7 Å². The number of rotatable bonds is 3. The van der Waals surface area contributed by atoms with Crippen LogP contribution in [-0.2, 0) is 13.1 Å². The van der Waals surface area contributed by atoms with Crippen molar-refractivity contribution in [3.63, 3.8) is 0 Å². The van der Waals surface area contributed by atoms with E-state index < -0.39 is 0 Å². The lowest BCUT2D eigenvalue weighted by atomic mass is 10.4. The summed E-state index contributed by atoms with van der Waals surface area (Å²) in [7, 11) is 5.61. The minimum atomic E-state index is 0.561. The van der Waals surface area contributed by atoms with Crippen molar-refractivity contribution >= 4 is 17.8 Å².